The van der Waals surface area contributed by atoms with E-state index in [2.05, 4.69) is 10.6 Å². The maximum atomic E-state index is 13.8. The van der Waals surface area contributed by atoms with Crippen LogP contribution < -0.4 is 10.6 Å². The molecule has 0 saturated carbocycles. The molecule has 1 heterocycles. The molecule has 2 aromatic rings. The first-order valence-corrected chi connectivity index (χ1v) is 7.40. The van der Waals surface area contributed by atoms with E-state index < -0.39 is 17.1 Å². The third kappa shape index (κ3) is 2.57. The summed E-state index contributed by atoms with van der Waals surface area (Å²) in [7, 11) is 0. The Morgan fingerprint density at radius 2 is 2.00 bits per heavy atom. The molecule has 23 heavy (non-hydrogen) atoms. The average molecular weight is 333 g/mol. The second-order valence-electron chi connectivity index (χ2n) is 5.89. The summed E-state index contributed by atoms with van der Waals surface area (Å²) in [6.45, 7) is 3.60. The van der Waals surface area contributed by atoms with Crippen LogP contribution in [0, 0.1) is 5.82 Å². The molecule has 118 valence electrons. The van der Waals surface area contributed by atoms with Crippen molar-refractivity contribution in [1.29, 1.82) is 0 Å². The van der Waals surface area contributed by atoms with Crippen LogP contribution in [0.5, 0.6) is 0 Å². The summed E-state index contributed by atoms with van der Waals surface area (Å²) >= 11 is 5.89. The first-order valence-electron chi connectivity index (χ1n) is 7.02. The van der Waals surface area contributed by atoms with E-state index in [1.165, 1.54) is 18.2 Å². The van der Waals surface area contributed by atoms with E-state index in [0.717, 1.165) is 5.56 Å². The van der Waals surface area contributed by atoms with Gasteiger partial charge in [0.05, 0.1) is 16.0 Å². The Hall–Kier alpha value is -2.40. The van der Waals surface area contributed by atoms with Gasteiger partial charge >= 0.3 is 0 Å². The lowest BCUT2D eigenvalue weighted by molar-refractivity contribution is -0.119. The molecular weight excluding hydrogens is 319 g/mol. The van der Waals surface area contributed by atoms with Crippen molar-refractivity contribution < 1.29 is 14.0 Å². The van der Waals surface area contributed by atoms with Crippen LogP contribution in [0.15, 0.2) is 36.4 Å². The summed E-state index contributed by atoms with van der Waals surface area (Å²) in [6, 6.07) is 9.13. The topological polar surface area (TPSA) is 58.2 Å². The van der Waals surface area contributed by atoms with E-state index in [4.69, 9.17) is 11.6 Å². The number of hydrogen-bond acceptors (Lipinski definition) is 2. The van der Waals surface area contributed by atoms with Gasteiger partial charge in [0, 0.05) is 11.4 Å². The number of benzene rings is 2. The molecular formula is C17H14ClFN2O2. The number of carbonyl (C=O) groups is 2. The molecule has 0 aliphatic carbocycles. The Labute approximate surface area is 137 Å². The summed E-state index contributed by atoms with van der Waals surface area (Å²) < 4.78 is 13.8. The molecule has 0 fully saturated rings. The number of fused-ring (bicyclic) bond motifs is 1. The number of halogens is 2. The van der Waals surface area contributed by atoms with Crippen LogP contribution in [-0.4, -0.2) is 11.8 Å². The molecule has 0 atom stereocenters. The lowest BCUT2D eigenvalue weighted by atomic mass is 9.86. The molecule has 1 aliphatic heterocycles. The third-order valence-corrected chi connectivity index (χ3v) is 4.27. The van der Waals surface area contributed by atoms with E-state index >= 15 is 0 Å². The van der Waals surface area contributed by atoms with Gasteiger partial charge in [-0.25, -0.2) is 4.39 Å². The highest BCUT2D eigenvalue weighted by Gasteiger charge is 2.38. The zero-order chi connectivity index (χ0) is 16.8. The maximum absolute atomic E-state index is 13.8. The number of amides is 2. The molecule has 0 bridgehead atoms. The van der Waals surface area contributed by atoms with Crippen LogP contribution in [-0.2, 0) is 10.2 Å². The predicted molar refractivity (Wildman–Crippen MR) is 87.5 cm³/mol. The van der Waals surface area contributed by atoms with Crippen LogP contribution in [0.1, 0.15) is 29.8 Å². The molecule has 0 saturated heterocycles. The van der Waals surface area contributed by atoms with Crippen LogP contribution >= 0.6 is 11.6 Å². The highest BCUT2D eigenvalue weighted by Crippen LogP contribution is 2.38. The van der Waals surface area contributed by atoms with Crippen molar-refractivity contribution in [2.45, 2.75) is 19.3 Å². The number of carbonyl (C=O) groups excluding carboxylic acids is 2. The molecule has 0 aromatic heterocycles. The van der Waals surface area contributed by atoms with Crippen molar-refractivity contribution in [3.05, 3.63) is 58.4 Å². The van der Waals surface area contributed by atoms with Gasteiger partial charge in [-0.2, -0.15) is 0 Å². The van der Waals surface area contributed by atoms with E-state index in [-0.39, 0.29) is 16.5 Å². The highest BCUT2D eigenvalue weighted by atomic mass is 35.5. The minimum Gasteiger partial charge on any atom is -0.325 e. The van der Waals surface area contributed by atoms with Crippen molar-refractivity contribution in [2.75, 3.05) is 10.6 Å². The van der Waals surface area contributed by atoms with Crippen LogP contribution in [0.4, 0.5) is 15.8 Å². The number of rotatable bonds is 2. The van der Waals surface area contributed by atoms with Crippen LogP contribution in [0.2, 0.25) is 5.02 Å². The second kappa shape index (κ2) is 5.35. The Morgan fingerprint density at radius 1 is 1.26 bits per heavy atom. The molecule has 1 aliphatic rings. The van der Waals surface area contributed by atoms with Crippen molar-refractivity contribution in [3.63, 3.8) is 0 Å². The Kier molecular flexibility index (Phi) is 3.60. The summed E-state index contributed by atoms with van der Waals surface area (Å²) in [4.78, 5) is 24.2. The zero-order valence-electron chi connectivity index (χ0n) is 12.5. The molecule has 6 heteroatoms. The maximum Gasteiger partial charge on any atom is 0.260 e. The smallest absolute Gasteiger partial charge is 0.260 e. The fourth-order valence-electron chi connectivity index (χ4n) is 2.56. The van der Waals surface area contributed by atoms with Gasteiger partial charge in [0.15, 0.2) is 0 Å². The van der Waals surface area contributed by atoms with Crippen molar-refractivity contribution in [3.8, 4) is 0 Å². The molecule has 0 spiro atoms. The summed E-state index contributed by atoms with van der Waals surface area (Å²) in [5.41, 5.74) is 1.06. The highest BCUT2D eigenvalue weighted by molar-refractivity contribution is 6.34. The lowest BCUT2D eigenvalue weighted by Crippen LogP contribution is -2.27. The van der Waals surface area contributed by atoms with E-state index in [9.17, 15) is 14.0 Å². The minimum absolute atomic E-state index is 0.0424. The first kappa shape index (κ1) is 15.5. The van der Waals surface area contributed by atoms with Gasteiger partial charge in [0.1, 0.15) is 5.82 Å². The molecule has 2 amide bonds. The molecule has 4 nitrogen and oxygen atoms in total. The van der Waals surface area contributed by atoms with E-state index in [1.54, 1.807) is 32.0 Å². The SMILES string of the molecule is CC1(C)C(=O)Nc2ccc(NC(=O)c3c(F)cccc3Cl)cc21. The number of anilines is 2. The Bertz CT molecular complexity index is 813. The molecule has 2 aromatic carbocycles. The Balaban J connectivity index is 1.92. The monoisotopic (exact) mass is 332 g/mol. The van der Waals surface area contributed by atoms with Gasteiger partial charge in [0.25, 0.3) is 5.91 Å². The molecule has 2 N–H and O–H groups in total. The summed E-state index contributed by atoms with van der Waals surface area (Å²) in [5.74, 6) is -1.43. The normalized spacial score (nSPS) is 15.0. The first-order chi connectivity index (χ1) is 10.8. The van der Waals surface area contributed by atoms with Crippen molar-refractivity contribution in [1.82, 2.24) is 0 Å². The van der Waals surface area contributed by atoms with Gasteiger partial charge in [-0.3, -0.25) is 9.59 Å². The second-order valence-corrected chi connectivity index (χ2v) is 6.30. The number of hydrogen-bond donors (Lipinski definition) is 2. The van der Waals surface area contributed by atoms with Crippen LogP contribution in [0.25, 0.3) is 0 Å². The van der Waals surface area contributed by atoms with Gasteiger partial charge in [0.2, 0.25) is 5.91 Å². The van der Waals surface area contributed by atoms with Crippen molar-refractivity contribution in [2.24, 2.45) is 0 Å². The fraction of sp³-hybridized carbons (Fsp3) is 0.176. The number of nitrogens with one attached hydrogen (secondary N) is 2. The molecule has 3 rings (SSSR count). The van der Waals surface area contributed by atoms with Gasteiger partial charge in [-0.05, 0) is 49.7 Å². The van der Waals surface area contributed by atoms with Gasteiger partial charge in [-0.1, -0.05) is 17.7 Å². The largest absolute Gasteiger partial charge is 0.325 e. The van der Waals surface area contributed by atoms with E-state index in [0.29, 0.717) is 11.4 Å². The zero-order valence-corrected chi connectivity index (χ0v) is 13.3. The minimum atomic E-state index is -0.689. The predicted octanol–water partition coefficient (Wildman–Crippen LogP) is 3.96. The van der Waals surface area contributed by atoms with Gasteiger partial charge in [-0.15, -0.1) is 0 Å². The van der Waals surface area contributed by atoms with E-state index in [1.807, 2.05) is 0 Å². The molecule has 0 unspecified atom stereocenters. The average Bonchev–Trinajstić information content (AvgIpc) is 2.69. The van der Waals surface area contributed by atoms with Gasteiger partial charge < -0.3 is 10.6 Å². The fourth-order valence-corrected chi connectivity index (χ4v) is 2.81. The summed E-state index contributed by atoms with van der Waals surface area (Å²) in [6.07, 6.45) is 0. The van der Waals surface area contributed by atoms with Crippen molar-refractivity contribution >= 4 is 34.8 Å². The van der Waals surface area contributed by atoms with Crippen LogP contribution in [0.3, 0.4) is 0 Å². The summed E-state index contributed by atoms with van der Waals surface area (Å²) in [5, 5.41) is 5.45. The standard InChI is InChI=1S/C17H14ClFN2O2/c1-17(2)10-8-9(6-7-13(10)21-16(17)23)20-15(22)14-11(18)4-3-5-12(14)19/h3-8H,1-2H3,(H,20,22)(H,21,23). The lowest BCUT2D eigenvalue weighted by Gasteiger charge is -2.16. The quantitative estimate of drug-likeness (QED) is 0.874. The Morgan fingerprint density at radius 3 is 2.70 bits per heavy atom. The third-order valence-electron chi connectivity index (χ3n) is 3.96. The molecule has 0 radical (unpaired) electrons.